The number of carbonyl (C=O) groups is 4. The SMILES string of the molecule is CCC(C)C(NC(=O)OC(C)(C)C)C(=O)N(CCO)C(C(=O)NCC(=O)OC)c1cccc(C)c1C. The largest absolute Gasteiger partial charge is 0.468 e. The molecule has 0 radical (unpaired) electrons. The number of nitrogens with one attached hydrogen (secondary N) is 2. The van der Waals surface area contributed by atoms with Crippen LogP contribution in [0.25, 0.3) is 0 Å². The number of benzene rings is 1. The molecule has 0 bridgehead atoms. The van der Waals surface area contributed by atoms with E-state index in [9.17, 15) is 24.3 Å². The Bertz CT molecular complexity index is 927. The summed E-state index contributed by atoms with van der Waals surface area (Å²) in [6.07, 6.45) is -0.203. The number of amides is 3. The van der Waals surface area contributed by atoms with Gasteiger partial charge in [0.2, 0.25) is 11.8 Å². The topological polar surface area (TPSA) is 134 Å². The molecule has 3 atom stereocenters. The van der Waals surface area contributed by atoms with Crippen LogP contribution >= 0.6 is 0 Å². The van der Waals surface area contributed by atoms with E-state index in [4.69, 9.17) is 4.74 Å². The Balaban J connectivity index is 3.53. The summed E-state index contributed by atoms with van der Waals surface area (Å²) in [5, 5.41) is 15.0. The molecule has 0 saturated heterocycles. The minimum absolute atomic E-state index is 0.175. The van der Waals surface area contributed by atoms with Gasteiger partial charge in [-0.2, -0.15) is 0 Å². The van der Waals surface area contributed by atoms with Gasteiger partial charge in [0.1, 0.15) is 24.2 Å². The molecule has 3 amide bonds. The predicted octanol–water partition coefficient (Wildman–Crippen LogP) is 2.39. The zero-order valence-electron chi connectivity index (χ0n) is 22.6. The van der Waals surface area contributed by atoms with Gasteiger partial charge in [0, 0.05) is 6.54 Å². The van der Waals surface area contributed by atoms with Crippen molar-refractivity contribution >= 4 is 23.9 Å². The quantitative estimate of drug-likeness (QED) is 0.392. The fourth-order valence-electron chi connectivity index (χ4n) is 3.62. The first kappa shape index (κ1) is 30.9. The van der Waals surface area contributed by atoms with Gasteiger partial charge in [0.25, 0.3) is 0 Å². The number of esters is 1. The minimum Gasteiger partial charge on any atom is -0.468 e. The Morgan fingerprint density at radius 2 is 1.78 bits per heavy atom. The Hall–Kier alpha value is -3.14. The van der Waals surface area contributed by atoms with Crippen LogP contribution in [0.15, 0.2) is 18.2 Å². The molecule has 0 aliphatic carbocycles. The molecule has 36 heavy (non-hydrogen) atoms. The number of rotatable bonds is 11. The molecule has 3 N–H and O–H groups in total. The van der Waals surface area contributed by atoms with Gasteiger partial charge in [-0.05, 0) is 57.2 Å². The summed E-state index contributed by atoms with van der Waals surface area (Å²) in [7, 11) is 1.21. The van der Waals surface area contributed by atoms with Gasteiger partial charge in [0.15, 0.2) is 0 Å². The maximum absolute atomic E-state index is 13.9. The number of methoxy groups -OCH3 is 1. The number of hydrogen-bond acceptors (Lipinski definition) is 7. The molecule has 202 valence electrons. The van der Waals surface area contributed by atoms with Crippen molar-refractivity contribution < 1.29 is 33.8 Å². The first-order chi connectivity index (χ1) is 16.8. The molecular formula is C26H41N3O7. The average Bonchev–Trinajstić information content (AvgIpc) is 2.81. The van der Waals surface area contributed by atoms with Gasteiger partial charge in [-0.25, -0.2) is 4.79 Å². The second-order valence-electron chi connectivity index (χ2n) is 9.75. The zero-order chi connectivity index (χ0) is 27.6. The highest BCUT2D eigenvalue weighted by Gasteiger charge is 2.38. The molecular weight excluding hydrogens is 466 g/mol. The van der Waals surface area contributed by atoms with Crippen LogP contribution in [0.3, 0.4) is 0 Å². The number of ether oxygens (including phenoxy) is 2. The number of alkyl carbamates (subject to hydrolysis) is 1. The van der Waals surface area contributed by atoms with Crippen molar-refractivity contribution in [2.75, 3.05) is 26.8 Å². The third-order valence-electron chi connectivity index (χ3n) is 5.91. The second-order valence-corrected chi connectivity index (χ2v) is 9.75. The van der Waals surface area contributed by atoms with E-state index in [2.05, 4.69) is 15.4 Å². The summed E-state index contributed by atoms with van der Waals surface area (Å²) in [6.45, 7) is 11.6. The molecule has 0 fully saturated rings. The second kappa shape index (κ2) is 13.8. The van der Waals surface area contributed by atoms with Gasteiger partial charge in [-0.15, -0.1) is 0 Å². The molecule has 0 heterocycles. The van der Waals surface area contributed by atoms with E-state index in [1.165, 1.54) is 12.0 Å². The van der Waals surface area contributed by atoms with Crippen LogP contribution in [-0.4, -0.2) is 72.3 Å². The summed E-state index contributed by atoms with van der Waals surface area (Å²) in [6, 6.07) is 3.19. The molecule has 1 aromatic carbocycles. The molecule has 1 aromatic rings. The average molecular weight is 508 g/mol. The van der Waals surface area contributed by atoms with E-state index in [0.29, 0.717) is 12.0 Å². The summed E-state index contributed by atoms with van der Waals surface area (Å²) >= 11 is 0. The lowest BCUT2D eigenvalue weighted by atomic mass is 9.93. The van der Waals surface area contributed by atoms with Crippen LogP contribution in [0.1, 0.15) is 63.8 Å². The molecule has 0 aliphatic rings. The Morgan fingerprint density at radius 3 is 2.31 bits per heavy atom. The molecule has 0 aliphatic heterocycles. The van der Waals surface area contributed by atoms with Crippen LogP contribution in [0.5, 0.6) is 0 Å². The molecule has 10 heteroatoms. The van der Waals surface area contributed by atoms with Crippen LogP contribution in [-0.2, 0) is 23.9 Å². The lowest BCUT2D eigenvalue weighted by Crippen LogP contribution is -2.56. The lowest BCUT2D eigenvalue weighted by Gasteiger charge is -2.36. The van der Waals surface area contributed by atoms with Crippen LogP contribution in [0.2, 0.25) is 0 Å². The molecule has 1 rings (SSSR count). The highest BCUT2D eigenvalue weighted by Crippen LogP contribution is 2.28. The third kappa shape index (κ3) is 8.82. The summed E-state index contributed by atoms with van der Waals surface area (Å²) in [5.41, 5.74) is 1.46. The molecule has 0 spiro atoms. The summed E-state index contributed by atoms with van der Waals surface area (Å²) in [5.74, 6) is -2.12. The van der Waals surface area contributed by atoms with Crippen molar-refractivity contribution in [1.29, 1.82) is 0 Å². The van der Waals surface area contributed by atoms with Crippen molar-refractivity contribution in [3.8, 4) is 0 Å². The van der Waals surface area contributed by atoms with E-state index in [1.807, 2.05) is 26.8 Å². The fraction of sp³-hybridized carbons (Fsp3) is 0.615. The Labute approximate surface area is 213 Å². The van der Waals surface area contributed by atoms with Crippen LogP contribution < -0.4 is 10.6 Å². The van der Waals surface area contributed by atoms with Crippen molar-refractivity contribution in [3.63, 3.8) is 0 Å². The Morgan fingerprint density at radius 1 is 1.14 bits per heavy atom. The van der Waals surface area contributed by atoms with Gasteiger partial charge >= 0.3 is 12.1 Å². The van der Waals surface area contributed by atoms with Crippen LogP contribution in [0, 0.1) is 19.8 Å². The van der Waals surface area contributed by atoms with E-state index in [0.717, 1.165) is 11.1 Å². The Kier molecular flexibility index (Phi) is 11.9. The normalized spacial score (nSPS) is 13.7. The highest BCUT2D eigenvalue weighted by molar-refractivity contribution is 5.93. The van der Waals surface area contributed by atoms with E-state index in [-0.39, 0.29) is 19.0 Å². The third-order valence-corrected chi connectivity index (χ3v) is 5.91. The van der Waals surface area contributed by atoms with Crippen molar-refractivity contribution in [1.82, 2.24) is 15.5 Å². The van der Waals surface area contributed by atoms with Crippen molar-refractivity contribution in [2.24, 2.45) is 5.92 Å². The van der Waals surface area contributed by atoms with E-state index in [1.54, 1.807) is 39.8 Å². The number of carbonyl (C=O) groups excluding carboxylic acids is 4. The molecule has 0 aromatic heterocycles. The first-order valence-corrected chi connectivity index (χ1v) is 12.1. The molecule has 0 saturated carbocycles. The number of aliphatic hydroxyl groups excluding tert-OH is 1. The maximum Gasteiger partial charge on any atom is 0.408 e. The van der Waals surface area contributed by atoms with Crippen molar-refractivity contribution in [2.45, 2.75) is 72.6 Å². The number of aryl methyl sites for hydroxylation is 1. The smallest absolute Gasteiger partial charge is 0.408 e. The van der Waals surface area contributed by atoms with Gasteiger partial charge in [0.05, 0.1) is 13.7 Å². The predicted molar refractivity (Wildman–Crippen MR) is 135 cm³/mol. The van der Waals surface area contributed by atoms with Crippen molar-refractivity contribution in [3.05, 3.63) is 34.9 Å². The molecule has 3 unspecified atom stereocenters. The fourth-order valence-corrected chi connectivity index (χ4v) is 3.62. The van der Waals surface area contributed by atoms with Gasteiger partial charge < -0.3 is 30.1 Å². The van der Waals surface area contributed by atoms with E-state index >= 15 is 0 Å². The summed E-state index contributed by atoms with van der Waals surface area (Å²) < 4.78 is 9.97. The van der Waals surface area contributed by atoms with E-state index < -0.39 is 48.2 Å². The number of hydrogen-bond donors (Lipinski definition) is 3. The van der Waals surface area contributed by atoms with Gasteiger partial charge in [-0.3, -0.25) is 14.4 Å². The number of nitrogens with zero attached hydrogens (tertiary/aromatic N) is 1. The van der Waals surface area contributed by atoms with Crippen LogP contribution in [0.4, 0.5) is 4.79 Å². The monoisotopic (exact) mass is 507 g/mol. The highest BCUT2D eigenvalue weighted by atomic mass is 16.6. The lowest BCUT2D eigenvalue weighted by molar-refractivity contribution is -0.145. The maximum atomic E-state index is 13.9. The standard InChI is InChI=1S/C26H41N3O7/c1-9-16(2)21(28-25(34)36-26(5,6)7)24(33)29(13-14-30)22(23(32)27-15-20(31)35-8)19-12-10-11-17(3)18(19)4/h10-12,16,21-22,30H,9,13-15H2,1-8H3,(H,27,32)(H,28,34). The first-order valence-electron chi connectivity index (χ1n) is 12.1. The van der Waals surface area contributed by atoms with Gasteiger partial charge in [-0.1, -0.05) is 38.5 Å². The molecule has 10 nitrogen and oxygen atoms in total. The zero-order valence-corrected chi connectivity index (χ0v) is 22.6. The number of aliphatic hydroxyl groups is 1. The summed E-state index contributed by atoms with van der Waals surface area (Å²) in [4.78, 5) is 52.8. The minimum atomic E-state index is -1.17.